The zero-order valence-corrected chi connectivity index (χ0v) is 9.64. The Labute approximate surface area is 86.1 Å². The lowest BCUT2D eigenvalue weighted by atomic mass is 9.49. The van der Waals surface area contributed by atoms with Crippen molar-refractivity contribution in [3.8, 4) is 0 Å². The molecule has 0 atom stereocenters. The summed E-state index contributed by atoms with van der Waals surface area (Å²) in [6.45, 7) is 7.64. The molecule has 80 valence electrons. The molecule has 0 heterocycles. The first-order valence-corrected chi connectivity index (χ1v) is 5.53. The Morgan fingerprint density at radius 2 is 1.14 bits per heavy atom. The summed E-state index contributed by atoms with van der Waals surface area (Å²) < 4.78 is 0. The topological polar surface area (TPSA) is 34.1 Å². The van der Waals surface area contributed by atoms with Crippen LogP contribution in [0.25, 0.3) is 0 Å². The largest absolute Gasteiger partial charge is 0.297 e. The first-order chi connectivity index (χ1) is 6.43. The van der Waals surface area contributed by atoms with Crippen molar-refractivity contribution in [1.29, 1.82) is 0 Å². The van der Waals surface area contributed by atoms with Crippen molar-refractivity contribution in [2.45, 2.75) is 53.4 Å². The lowest BCUT2D eigenvalue weighted by molar-refractivity contribution is -0.169. The highest BCUT2D eigenvalue weighted by Crippen LogP contribution is 2.51. The molecule has 1 fully saturated rings. The number of hydrogen-bond acceptors (Lipinski definition) is 2. The minimum Gasteiger partial charge on any atom is -0.297 e. The molecule has 1 aliphatic carbocycles. The predicted octanol–water partition coefficient (Wildman–Crippen LogP) is 2.75. The van der Waals surface area contributed by atoms with Crippen LogP contribution in [0.5, 0.6) is 0 Å². The summed E-state index contributed by atoms with van der Waals surface area (Å²) in [5.41, 5.74) is -1.31. The van der Waals surface area contributed by atoms with Crippen LogP contribution >= 0.6 is 0 Å². The van der Waals surface area contributed by atoms with Gasteiger partial charge in [0.2, 0.25) is 0 Å². The van der Waals surface area contributed by atoms with Crippen molar-refractivity contribution in [2.24, 2.45) is 10.8 Å². The van der Waals surface area contributed by atoms with Gasteiger partial charge in [0, 0.05) is 0 Å². The number of rotatable bonds is 4. The van der Waals surface area contributed by atoms with E-state index >= 15 is 0 Å². The van der Waals surface area contributed by atoms with E-state index in [9.17, 15) is 9.59 Å². The van der Waals surface area contributed by atoms with Gasteiger partial charge in [-0.25, -0.2) is 0 Å². The summed E-state index contributed by atoms with van der Waals surface area (Å²) in [5, 5.41) is 0. The van der Waals surface area contributed by atoms with Gasteiger partial charge in [-0.15, -0.1) is 0 Å². The first-order valence-electron chi connectivity index (χ1n) is 5.53. The van der Waals surface area contributed by atoms with E-state index in [-0.39, 0.29) is 11.6 Å². The van der Waals surface area contributed by atoms with E-state index in [4.69, 9.17) is 0 Å². The summed E-state index contributed by atoms with van der Waals surface area (Å²) in [7, 11) is 0. The first kappa shape index (κ1) is 11.4. The fourth-order valence-corrected chi connectivity index (χ4v) is 2.82. The van der Waals surface area contributed by atoms with Crippen LogP contribution in [0.1, 0.15) is 53.4 Å². The molecule has 1 saturated carbocycles. The van der Waals surface area contributed by atoms with Gasteiger partial charge in [0.25, 0.3) is 0 Å². The summed E-state index contributed by atoms with van der Waals surface area (Å²) in [6.07, 6.45) is 3.22. The predicted molar refractivity (Wildman–Crippen MR) is 56.0 cm³/mol. The molecule has 0 aromatic carbocycles. The highest BCUT2D eigenvalue weighted by atomic mass is 16.2. The molecule has 0 aromatic heterocycles. The van der Waals surface area contributed by atoms with Crippen molar-refractivity contribution in [1.82, 2.24) is 0 Å². The zero-order chi connectivity index (χ0) is 11.0. The summed E-state index contributed by atoms with van der Waals surface area (Å²) in [6, 6.07) is 0. The molecule has 1 aliphatic rings. The van der Waals surface area contributed by atoms with Crippen LogP contribution in [0, 0.1) is 10.8 Å². The van der Waals surface area contributed by atoms with Gasteiger partial charge in [-0.3, -0.25) is 9.59 Å². The number of carbonyl (C=O) groups excluding carboxylic acids is 2. The molecule has 2 nitrogen and oxygen atoms in total. The van der Waals surface area contributed by atoms with Crippen molar-refractivity contribution in [3.63, 3.8) is 0 Å². The number of Topliss-reactive ketones (excluding diaryl/α,β-unsaturated/α-hetero) is 2. The Bertz CT molecular complexity index is 225. The van der Waals surface area contributed by atoms with E-state index in [1.807, 2.05) is 13.8 Å². The molecule has 0 amide bonds. The highest BCUT2D eigenvalue weighted by molar-refractivity contribution is 6.30. The van der Waals surface area contributed by atoms with Crippen LogP contribution < -0.4 is 0 Å². The van der Waals surface area contributed by atoms with Gasteiger partial charge in [-0.1, -0.05) is 26.7 Å². The highest BCUT2D eigenvalue weighted by Gasteiger charge is 2.64. The normalized spacial score (nSPS) is 37.1. The SMILES string of the molecule is CCCC1(C)C(=O)C(C)(CCC)C1=O. The number of hydrogen-bond donors (Lipinski definition) is 0. The molecule has 0 saturated heterocycles. The van der Waals surface area contributed by atoms with Gasteiger partial charge in [-0.05, 0) is 26.7 Å². The fraction of sp³-hybridized carbons (Fsp3) is 0.833. The van der Waals surface area contributed by atoms with E-state index < -0.39 is 10.8 Å². The Balaban J connectivity index is 2.84. The van der Waals surface area contributed by atoms with Gasteiger partial charge in [-0.2, -0.15) is 0 Å². The van der Waals surface area contributed by atoms with Crippen LogP contribution in [0.2, 0.25) is 0 Å². The minimum absolute atomic E-state index is 0.165. The Hall–Kier alpha value is -0.660. The summed E-state index contributed by atoms with van der Waals surface area (Å²) in [4.78, 5) is 23.9. The molecule has 0 radical (unpaired) electrons. The van der Waals surface area contributed by atoms with Gasteiger partial charge >= 0.3 is 0 Å². The molecule has 0 N–H and O–H groups in total. The molecule has 0 aromatic rings. The molecular weight excluding hydrogens is 176 g/mol. The van der Waals surface area contributed by atoms with Crippen LogP contribution in [0.3, 0.4) is 0 Å². The summed E-state index contributed by atoms with van der Waals surface area (Å²) >= 11 is 0. The van der Waals surface area contributed by atoms with Crippen LogP contribution in [0.4, 0.5) is 0 Å². The van der Waals surface area contributed by atoms with E-state index in [0.29, 0.717) is 12.8 Å². The maximum atomic E-state index is 12.0. The van der Waals surface area contributed by atoms with Crippen LogP contribution in [-0.2, 0) is 9.59 Å². The third-order valence-electron chi connectivity index (χ3n) is 3.50. The quantitative estimate of drug-likeness (QED) is 0.648. The minimum atomic E-state index is -0.654. The van der Waals surface area contributed by atoms with Gasteiger partial charge in [0.15, 0.2) is 11.6 Å². The molecule has 0 unspecified atom stereocenters. The fourth-order valence-electron chi connectivity index (χ4n) is 2.82. The lowest BCUT2D eigenvalue weighted by Crippen LogP contribution is -2.63. The van der Waals surface area contributed by atoms with Gasteiger partial charge in [0.1, 0.15) is 0 Å². The standard InChI is InChI=1S/C12H20O2/c1-5-7-11(3)9(13)12(4,8-6-2)10(11)14/h5-8H2,1-4H3. The maximum absolute atomic E-state index is 12.0. The van der Waals surface area contributed by atoms with E-state index in [0.717, 1.165) is 12.8 Å². The van der Waals surface area contributed by atoms with Crippen molar-refractivity contribution in [2.75, 3.05) is 0 Å². The second-order valence-corrected chi connectivity index (χ2v) is 4.82. The van der Waals surface area contributed by atoms with E-state index in [2.05, 4.69) is 0 Å². The average Bonchev–Trinajstić information content (AvgIpc) is 2.16. The molecule has 1 rings (SSSR count). The molecule has 14 heavy (non-hydrogen) atoms. The van der Waals surface area contributed by atoms with Crippen molar-refractivity contribution in [3.05, 3.63) is 0 Å². The third-order valence-corrected chi connectivity index (χ3v) is 3.50. The monoisotopic (exact) mass is 196 g/mol. The maximum Gasteiger partial charge on any atom is 0.159 e. The van der Waals surface area contributed by atoms with Crippen LogP contribution in [0.15, 0.2) is 0 Å². The lowest BCUT2D eigenvalue weighted by Gasteiger charge is -2.49. The van der Waals surface area contributed by atoms with Gasteiger partial charge in [0.05, 0.1) is 10.8 Å². The number of ketones is 2. The molecule has 0 aliphatic heterocycles. The second kappa shape index (κ2) is 3.48. The Morgan fingerprint density at radius 3 is 1.36 bits per heavy atom. The average molecular weight is 196 g/mol. The van der Waals surface area contributed by atoms with Crippen molar-refractivity contribution >= 4 is 11.6 Å². The molecule has 0 spiro atoms. The smallest absolute Gasteiger partial charge is 0.159 e. The zero-order valence-electron chi connectivity index (χ0n) is 9.64. The van der Waals surface area contributed by atoms with Crippen molar-refractivity contribution < 1.29 is 9.59 Å². The van der Waals surface area contributed by atoms with Gasteiger partial charge < -0.3 is 0 Å². The van der Waals surface area contributed by atoms with E-state index in [1.54, 1.807) is 13.8 Å². The Kier molecular flexibility index (Phi) is 2.84. The van der Waals surface area contributed by atoms with Crippen LogP contribution in [-0.4, -0.2) is 11.6 Å². The summed E-state index contributed by atoms with van der Waals surface area (Å²) in [5.74, 6) is 0.331. The number of carbonyl (C=O) groups is 2. The third kappa shape index (κ3) is 1.23. The molecule has 2 heteroatoms. The molecule has 0 bridgehead atoms. The molecular formula is C12H20O2. The Morgan fingerprint density at radius 1 is 0.857 bits per heavy atom. The second-order valence-electron chi connectivity index (χ2n) is 4.82. The van der Waals surface area contributed by atoms with E-state index in [1.165, 1.54) is 0 Å².